The van der Waals surface area contributed by atoms with Crippen LogP contribution in [-0.2, 0) is 4.74 Å². The molecule has 102 valence electrons. The van der Waals surface area contributed by atoms with Gasteiger partial charge in [0.2, 0.25) is 0 Å². The standard InChI is InChI=1S/C14H29NO2/c1-3-5-13-6-4-8-14(12-16,9-7-13)15-10-11-17-2/h13,15-16H,3-12H2,1-2H3. The summed E-state index contributed by atoms with van der Waals surface area (Å²) >= 11 is 0. The Morgan fingerprint density at radius 2 is 2.18 bits per heavy atom. The van der Waals surface area contributed by atoms with Gasteiger partial charge in [-0.05, 0) is 25.2 Å². The first-order chi connectivity index (χ1) is 8.26. The van der Waals surface area contributed by atoms with Gasteiger partial charge >= 0.3 is 0 Å². The average molecular weight is 243 g/mol. The largest absolute Gasteiger partial charge is 0.394 e. The van der Waals surface area contributed by atoms with Crippen molar-refractivity contribution in [2.45, 2.75) is 57.4 Å². The summed E-state index contributed by atoms with van der Waals surface area (Å²) in [7, 11) is 1.72. The van der Waals surface area contributed by atoms with Gasteiger partial charge in [0.15, 0.2) is 0 Å². The third-order valence-corrected chi connectivity index (χ3v) is 4.10. The Labute approximate surface area is 106 Å². The first kappa shape index (κ1) is 14.9. The van der Waals surface area contributed by atoms with E-state index in [0.717, 1.165) is 31.9 Å². The lowest BCUT2D eigenvalue weighted by Gasteiger charge is -2.32. The SMILES string of the molecule is CCCC1CCCC(CO)(NCCOC)CC1. The molecule has 0 bridgehead atoms. The number of rotatable bonds is 7. The molecule has 0 aromatic carbocycles. The van der Waals surface area contributed by atoms with Crippen LogP contribution < -0.4 is 5.32 Å². The second kappa shape index (κ2) is 8.06. The van der Waals surface area contributed by atoms with E-state index in [1.165, 1.54) is 32.1 Å². The lowest BCUT2D eigenvalue weighted by Crippen LogP contribution is -2.49. The van der Waals surface area contributed by atoms with Gasteiger partial charge in [-0.3, -0.25) is 0 Å². The normalized spacial score (nSPS) is 30.2. The maximum atomic E-state index is 9.68. The van der Waals surface area contributed by atoms with E-state index < -0.39 is 0 Å². The summed E-state index contributed by atoms with van der Waals surface area (Å²) in [6.07, 6.45) is 8.68. The molecule has 0 saturated heterocycles. The van der Waals surface area contributed by atoms with Crippen molar-refractivity contribution in [1.29, 1.82) is 0 Å². The van der Waals surface area contributed by atoms with Gasteiger partial charge in [0.1, 0.15) is 0 Å². The van der Waals surface area contributed by atoms with Crippen molar-refractivity contribution in [3.63, 3.8) is 0 Å². The minimum Gasteiger partial charge on any atom is -0.394 e. The quantitative estimate of drug-likeness (QED) is 0.533. The van der Waals surface area contributed by atoms with Gasteiger partial charge in [-0.25, -0.2) is 0 Å². The lowest BCUT2D eigenvalue weighted by atomic mass is 9.89. The second-order valence-corrected chi connectivity index (χ2v) is 5.44. The molecule has 0 spiro atoms. The number of hydrogen-bond acceptors (Lipinski definition) is 3. The number of hydrogen-bond donors (Lipinski definition) is 2. The maximum absolute atomic E-state index is 9.68. The van der Waals surface area contributed by atoms with Crippen LogP contribution in [0.2, 0.25) is 0 Å². The summed E-state index contributed by atoms with van der Waals surface area (Å²) in [5.41, 5.74) is -0.0407. The molecule has 1 aliphatic rings. The van der Waals surface area contributed by atoms with Crippen LogP contribution in [0, 0.1) is 5.92 Å². The van der Waals surface area contributed by atoms with Crippen molar-refractivity contribution in [1.82, 2.24) is 5.32 Å². The summed E-state index contributed by atoms with van der Waals surface area (Å²) in [4.78, 5) is 0. The molecule has 1 rings (SSSR count). The summed E-state index contributed by atoms with van der Waals surface area (Å²) in [5, 5.41) is 13.2. The molecule has 3 heteroatoms. The molecule has 0 aliphatic heterocycles. The molecular weight excluding hydrogens is 214 g/mol. The van der Waals surface area contributed by atoms with E-state index in [-0.39, 0.29) is 12.1 Å². The second-order valence-electron chi connectivity index (χ2n) is 5.44. The number of nitrogens with one attached hydrogen (secondary N) is 1. The molecule has 2 unspecified atom stereocenters. The third-order valence-electron chi connectivity index (χ3n) is 4.10. The smallest absolute Gasteiger partial charge is 0.0613 e. The fourth-order valence-electron chi connectivity index (χ4n) is 2.98. The molecule has 17 heavy (non-hydrogen) atoms. The minimum absolute atomic E-state index is 0.0407. The molecule has 0 aromatic rings. The lowest BCUT2D eigenvalue weighted by molar-refractivity contribution is 0.124. The van der Waals surface area contributed by atoms with Crippen molar-refractivity contribution >= 4 is 0 Å². The Morgan fingerprint density at radius 1 is 1.35 bits per heavy atom. The molecule has 1 aliphatic carbocycles. The van der Waals surface area contributed by atoms with Crippen molar-refractivity contribution in [3.8, 4) is 0 Å². The minimum atomic E-state index is -0.0407. The van der Waals surface area contributed by atoms with Gasteiger partial charge < -0.3 is 15.2 Å². The predicted molar refractivity (Wildman–Crippen MR) is 71.2 cm³/mol. The number of ether oxygens (including phenoxy) is 1. The molecule has 1 saturated carbocycles. The number of aliphatic hydroxyl groups is 1. The Kier molecular flexibility index (Phi) is 7.09. The van der Waals surface area contributed by atoms with E-state index in [2.05, 4.69) is 12.2 Å². The molecular formula is C14H29NO2. The Bertz CT molecular complexity index is 199. The third kappa shape index (κ3) is 4.94. The van der Waals surface area contributed by atoms with Crippen LogP contribution in [0.25, 0.3) is 0 Å². The molecule has 0 amide bonds. The van der Waals surface area contributed by atoms with E-state index in [4.69, 9.17) is 4.74 Å². The highest BCUT2D eigenvalue weighted by Gasteiger charge is 2.31. The van der Waals surface area contributed by atoms with Crippen LogP contribution in [0.3, 0.4) is 0 Å². The van der Waals surface area contributed by atoms with Crippen molar-refractivity contribution < 1.29 is 9.84 Å². The van der Waals surface area contributed by atoms with Crippen LogP contribution in [0.5, 0.6) is 0 Å². The predicted octanol–water partition coefficient (Wildman–Crippen LogP) is 2.33. The number of aliphatic hydroxyl groups excluding tert-OH is 1. The molecule has 0 radical (unpaired) electrons. The summed E-state index contributed by atoms with van der Waals surface area (Å²) in [6, 6.07) is 0. The molecule has 3 nitrogen and oxygen atoms in total. The highest BCUT2D eigenvalue weighted by Crippen LogP contribution is 2.32. The molecule has 1 fully saturated rings. The van der Waals surface area contributed by atoms with Crippen LogP contribution in [0.4, 0.5) is 0 Å². The van der Waals surface area contributed by atoms with Crippen molar-refractivity contribution in [2.24, 2.45) is 5.92 Å². The van der Waals surface area contributed by atoms with Gasteiger partial charge in [0.05, 0.1) is 13.2 Å². The Hall–Kier alpha value is -0.120. The molecule has 2 atom stereocenters. The highest BCUT2D eigenvalue weighted by atomic mass is 16.5. The zero-order valence-corrected chi connectivity index (χ0v) is 11.5. The van der Waals surface area contributed by atoms with Gasteiger partial charge in [-0.15, -0.1) is 0 Å². The summed E-state index contributed by atoms with van der Waals surface area (Å²) in [6.45, 7) is 4.09. The fraction of sp³-hybridized carbons (Fsp3) is 1.00. The van der Waals surface area contributed by atoms with Crippen LogP contribution in [-0.4, -0.2) is 37.5 Å². The first-order valence-corrected chi connectivity index (χ1v) is 7.11. The molecule has 2 N–H and O–H groups in total. The van der Waals surface area contributed by atoms with E-state index in [0.29, 0.717) is 0 Å². The van der Waals surface area contributed by atoms with Gasteiger partial charge in [-0.1, -0.05) is 32.6 Å². The van der Waals surface area contributed by atoms with Crippen LogP contribution in [0.1, 0.15) is 51.9 Å². The van der Waals surface area contributed by atoms with E-state index in [1.54, 1.807) is 7.11 Å². The maximum Gasteiger partial charge on any atom is 0.0613 e. The van der Waals surface area contributed by atoms with Gasteiger partial charge in [0, 0.05) is 19.2 Å². The van der Waals surface area contributed by atoms with E-state index in [9.17, 15) is 5.11 Å². The van der Waals surface area contributed by atoms with Crippen molar-refractivity contribution in [2.75, 3.05) is 26.9 Å². The fourth-order valence-corrected chi connectivity index (χ4v) is 2.98. The number of methoxy groups -OCH3 is 1. The monoisotopic (exact) mass is 243 g/mol. The summed E-state index contributed by atoms with van der Waals surface area (Å²) < 4.78 is 5.07. The van der Waals surface area contributed by atoms with Crippen molar-refractivity contribution in [3.05, 3.63) is 0 Å². The Balaban J connectivity index is 2.43. The molecule has 0 heterocycles. The zero-order chi connectivity index (χ0) is 12.6. The Morgan fingerprint density at radius 3 is 2.82 bits per heavy atom. The van der Waals surface area contributed by atoms with Crippen LogP contribution >= 0.6 is 0 Å². The highest BCUT2D eigenvalue weighted by molar-refractivity contribution is 4.90. The molecule has 0 aromatic heterocycles. The van der Waals surface area contributed by atoms with E-state index in [1.807, 2.05) is 0 Å². The van der Waals surface area contributed by atoms with E-state index >= 15 is 0 Å². The topological polar surface area (TPSA) is 41.5 Å². The first-order valence-electron chi connectivity index (χ1n) is 7.11. The zero-order valence-electron chi connectivity index (χ0n) is 11.5. The summed E-state index contributed by atoms with van der Waals surface area (Å²) in [5.74, 6) is 0.873. The average Bonchev–Trinajstić information content (AvgIpc) is 2.54. The van der Waals surface area contributed by atoms with Gasteiger partial charge in [0.25, 0.3) is 0 Å². The van der Waals surface area contributed by atoms with Gasteiger partial charge in [-0.2, -0.15) is 0 Å². The van der Waals surface area contributed by atoms with Crippen LogP contribution in [0.15, 0.2) is 0 Å².